The predicted octanol–water partition coefficient (Wildman–Crippen LogP) is 3.77. The van der Waals surface area contributed by atoms with E-state index in [-0.39, 0.29) is 28.7 Å². The van der Waals surface area contributed by atoms with E-state index in [0.717, 1.165) is 0 Å². The standard InChI is InChI=1S/C21H21Cl2FN4O5S/c1-10-12(22)4-6-14(24)16(10)11(2)17(20-25-26-21(29)33-20)27-34(30,31)15-7-5-13(23)18-19(15)32-9-8-28(18)3/h4-7,11,17,27H,8-9H2,1-3H3,(H,26,29)/t11-,17+/m1/s1. The minimum atomic E-state index is -4.30. The zero-order valence-electron chi connectivity index (χ0n) is 18.4. The number of halogens is 3. The average Bonchev–Trinajstić information content (AvgIpc) is 3.21. The minimum absolute atomic E-state index is 0.0914. The predicted molar refractivity (Wildman–Crippen MR) is 125 cm³/mol. The summed E-state index contributed by atoms with van der Waals surface area (Å²) < 4.78 is 55.2. The molecule has 34 heavy (non-hydrogen) atoms. The van der Waals surface area contributed by atoms with Gasteiger partial charge in [-0.25, -0.2) is 22.7 Å². The van der Waals surface area contributed by atoms with Gasteiger partial charge >= 0.3 is 5.76 Å². The van der Waals surface area contributed by atoms with Crippen LogP contribution in [0.4, 0.5) is 10.1 Å². The Hall–Kier alpha value is -2.60. The van der Waals surface area contributed by atoms with Crippen molar-refractivity contribution in [3.63, 3.8) is 0 Å². The number of hydrogen-bond donors (Lipinski definition) is 2. The number of rotatable bonds is 6. The first kappa shape index (κ1) is 24.5. The number of H-pyrrole nitrogens is 1. The second kappa shape index (κ2) is 9.21. The van der Waals surface area contributed by atoms with E-state index in [1.165, 1.54) is 24.3 Å². The molecule has 182 valence electrons. The number of nitrogens with zero attached hydrogens (tertiary/aromatic N) is 2. The summed E-state index contributed by atoms with van der Waals surface area (Å²) in [4.78, 5) is 13.3. The maximum absolute atomic E-state index is 14.8. The Bertz CT molecular complexity index is 1410. The van der Waals surface area contributed by atoms with Crippen molar-refractivity contribution in [1.29, 1.82) is 0 Å². The van der Waals surface area contributed by atoms with Crippen molar-refractivity contribution in [2.24, 2.45) is 0 Å². The summed E-state index contributed by atoms with van der Waals surface area (Å²) in [6.07, 6.45) is 0. The molecule has 9 nitrogen and oxygen atoms in total. The van der Waals surface area contributed by atoms with Gasteiger partial charge in [-0.2, -0.15) is 4.72 Å². The van der Waals surface area contributed by atoms with Gasteiger partial charge in [0.25, 0.3) is 0 Å². The molecule has 13 heteroatoms. The van der Waals surface area contributed by atoms with Crippen LogP contribution in [0.1, 0.15) is 35.9 Å². The van der Waals surface area contributed by atoms with Crippen LogP contribution in [0.3, 0.4) is 0 Å². The molecule has 4 rings (SSSR count). The van der Waals surface area contributed by atoms with Crippen LogP contribution in [0, 0.1) is 12.7 Å². The van der Waals surface area contributed by atoms with Crippen LogP contribution in [-0.2, 0) is 10.0 Å². The molecule has 0 fully saturated rings. The fraction of sp³-hybridized carbons (Fsp3) is 0.333. The lowest BCUT2D eigenvalue weighted by Crippen LogP contribution is -2.35. The van der Waals surface area contributed by atoms with E-state index in [1.54, 1.807) is 25.8 Å². The number of fused-ring (bicyclic) bond motifs is 1. The van der Waals surface area contributed by atoms with Gasteiger partial charge in [0.1, 0.15) is 23.4 Å². The number of hydrogen-bond acceptors (Lipinski definition) is 7. The number of benzene rings is 2. The molecule has 0 spiro atoms. The third kappa shape index (κ3) is 4.40. The van der Waals surface area contributed by atoms with Crippen LogP contribution >= 0.6 is 23.2 Å². The number of anilines is 1. The van der Waals surface area contributed by atoms with Crippen molar-refractivity contribution in [2.75, 3.05) is 25.1 Å². The zero-order valence-corrected chi connectivity index (χ0v) is 20.7. The van der Waals surface area contributed by atoms with Gasteiger partial charge in [0.2, 0.25) is 15.9 Å². The molecule has 0 saturated carbocycles. The van der Waals surface area contributed by atoms with Crippen LogP contribution in [0.15, 0.2) is 38.4 Å². The molecule has 1 aliphatic heterocycles. The van der Waals surface area contributed by atoms with Crippen LogP contribution in [-0.4, -0.2) is 38.8 Å². The molecule has 2 atom stereocenters. The average molecular weight is 531 g/mol. The largest absolute Gasteiger partial charge is 0.488 e. The van der Waals surface area contributed by atoms with Crippen molar-refractivity contribution in [2.45, 2.75) is 30.7 Å². The summed E-state index contributed by atoms with van der Waals surface area (Å²) in [6.45, 7) is 3.97. The van der Waals surface area contributed by atoms with Gasteiger partial charge in [-0.05, 0) is 42.3 Å². The Labute approximate surface area is 204 Å². The summed E-state index contributed by atoms with van der Waals surface area (Å²) in [7, 11) is -2.53. The van der Waals surface area contributed by atoms with Gasteiger partial charge in [0, 0.05) is 18.0 Å². The lowest BCUT2D eigenvalue weighted by Gasteiger charge is -2.30. The van der Waals surface area contributed by atoms with Crippen molar-refractivity contribution in [3.8, 4) is 5.75 Å². The highest BCUT2D eigenvalue weighted by atomic mass is 35.5. The minimum Gasteiger partial charge on any atom is -0.488 e. The SMILES string of the molecule is Cc1c(Cl)ccc(F)c1[C@@H](C)[C@H](NS(=O)(=O)c1ccc(Cl)c2c1OCCN2C)c1n[nH]c(=O)o1. The maximum Gasteiger partial charge on any atom is 0.434 e. The Kier molecular flexibility index (Phi) is 6.65. The topological polar surface area (TPSA) is 118 Å². The maximum atomic E-state index is 14.8. The summed E-state index contributed by atoms with van der Waals surface area (Å²) in [6, 6.07) is 4.10. The second-order valence-corrected chi connectivity index (χ2v) is 10.4. The molecule has 2 N–H and O–H groups in total. The molecule has 0 amide bonds. The molecule has 0 aliphatic carbocycles. The Morgan fingerprint density at radius 1 is 1.24 bits per heavy atom. The van der Waals surface area contributed by atoms with E-state index in [4.69, 9.17) is 32.4 Å². The van der Waals surface area contributed by atoms with E-state index in [2.05, 4.69) is 14.9 Å². The van der Waals surface area contributed by atoms with Crippen LogP contribution in [0.2, 0.25) is 10.0 Å². The van der Waals surface area contributed by atoms with Gasteiger partial charge in [0.15, 0.2) is 5.75 Å². The molecule has 1 aromatic heterocycles. The van der Waals surface area contributed by atoms with E-state index in [9.17, 15) is 17.6 Å². The molecule has 1 aliphatic rings. The summed E-state index contributed by atoms with van der Waals surface area (Å²) in [5.74, 6) is -2.52. The molecule has 2 heterocycles. The summed E-state index contributed by atoms with van der Waals surface area (Å²) in [5, 5.41) is 6.53. The third-order valence-corrected chi connectivity index (χ3v) is 7.92. The van der Waals surface area contributed by atoms with E-state index in [0.29, 0.717) is 27.8 Å². The van der Waals surface area contributed by atoms with Crippen LogP contribution in [0.25, 0.3) is 0 Å². The number of nitrogens with one attached hydrogen (secondary N) is 2. The van der Waals surface area contributed by atoms with E-state index < -0.39 is 33.6 Å². The lowest BCUT2D eigenvalue weighted by molar-refractivity contribution is 0.302. The van der Waals surface area contributed by atoms with Gasteiger partial charge in [0.05, 0.1) is 17.3 Å². The van der Waals surface area contributed by atoms with Gasteiger partial charge in [-0.3, -0.25) is 0 Å². The molecular formula is C21H21Cl2FN4O5S. The smallest absolute Gasteiger partial charge is 0.434 e. The number of aromatic nitrogens is 2. The lowest BCUT2D eigenvalue weighted by atomic mass is 9.90. The molecule has 0 bridgehead atoms. The van der Waals surface area contributed by atoms with Crippen molar-refractivity contribution >= 4 is 38.9 Å². The van der Waals surface area contributed by atoms with Gasteiger partial charge in [-0.15, -0.1) is 5.10 Å². The molecular weight excluding hydrogens is 510 g/mol. The van der Waals surface area contributed by atoms with Gasteiger partial charge < -0.3 is 14.1 Å². The normalized spacial score (nSPS) is 15.5. The fourth-order valence-electron chi connectivity index (χ4n) is 4.00. The van der Waals surface area contributed by atoms with E-state index >= 15 is 0 Å². The number of ether oxygens (including phenoxy) is 1. The number of sulfonamides is 1. The van der Waals surface area contributed by atoms with Gasteiger partial charge in [-0.1, -0.05) is 30.1 Å². The molecule has 2 aromatic carbocycles. The molecule has 3 aromatic rings. The highest BCUT2D eigenvalue weighted by Gasteiger charge is 2.36. The van der Waals surface area contributed by atoms with Crippen molar-refractivity contribution in [1.82, 2.24) is 14.9 Å². The first-order valence-corrected chi connectivity index (χ1v) is 12.4. The second-order valence-electron chi connectivity index (χ2n) is 7.90. The van der Waals surface area contributed by atoms with Crippen molar-refractivity contribution < 1.29 is 22.0 Å². The number of aromatic amines is 1. The Morgan fingerprint density at radius 3 is 2.62 bits per heavy atom. The van der Waals surface area contributed by atoms with Crippen LogP contribution in [0.5, 0.6) is 5.75 Å². The highest BCUT2D eigenvalue weighted by molar-refractivity contribution is 7.89. The first-order chi connectivity index (χ1) is 16.0. The van der Waals surface area contributed by atoms with Crippen molar-refractivity contribution in [3.05, 3.63) is 67.7 Å². The first-order valence-electron chi connectivity index (χ1n) is 10.2. The molecule has 0 radical (unpaired) electrons. The quantitative estimate of drug-likeness (QED) is 0.497. The third-order valence-electron chi connectivity index (χ3n) is 5.74. The monoisotopic (exact) mass is 530 g/mol. The Balaban J connectivity index is 1.82. The molecule has 0 saturated heterocycles. The zero-order chi connectivity index (χ0) is 24.8. The summed E-state index contributed by atoms with van der Waals surface area (Å²) >= 11 is 12.5. The summed E-state index contributed by atoms with van der Waals surface area (Å²) in [5.41, 5.74) is 1.01. The molecule has 0 unspecified atom stereocenters. The van der Waals surface area contributed by atoms with Crippen LogP contribution < -0.4 is 20.1 Å². The highest BCUT2D eigenvalue weighted by Crippen LogP contribution is 2.43. The Morgan fingerprint density at radius 2 is 1.94 bits per heavy atom. The van der Waals surface area contributed by atoms with E-state index in [1.807, 2.05) is 0 Å². The number of likely N-dealkylation sites (N-methyl/N-ethyl adjacent to an activating group) is 1. The fourth-order valence-corrected chi connectivity index (χ4v) is 5.87.